The van der Waals surface area contributed by atoms with Gasteiger partial charge in [0, 0.05) is 25.7 Å². The predicted molar refractivity (Wildman–Crippen MR) is 107 cm³/mol. The quantitative estimate of drug-likeness (QED) is 0.712. The number of para-hydroxylation sites is 2. The number of likely N-dealkylation sites (N-methyl/N-ethyl adjacent to an activating group) is 1. The maximum atomic E-state index is 12.7. The molecule has 2 aromatic rings. The molecule has 28 heavy (non-hydrogen) atoms. The maximum Gasteiger partial charge on any atom is 0.321 e. The first kappa shape index (κ1) is 18.8. The predicted octanol–water partition coefficient (Wildman–Crippen LogP) is 3.36. The minimum absolute atomic E-state index is 0.143. The lowest BCUT2D eigenvalue weighted by atomic mass is 9.82. The van der Waals surface area contributed by atoms with Crippen molar-refractivity contribution in [3.63, 3.8) is 0 Å². The molecule has 4 rings (SSSR count). The van der Waals surface area contributed by atoms with E-state index in [1.54, 1.807) is 11.2 Å². The van der Waals surface area contributed by atoms with E-state index in [4.69, 9.17) is 9.15 Å². The molecular formula is C21H28N4O3. The molecule has 0 bridgehead atoms. The fourth-order valence-corrected chi connectivity index (χ4v) is 4.15. The Morgan fingerprint density at radius 3 is 2.93 bits per heavy atom. The van der Waals surface area contributed by atoms with Gasteiger partial charge in [0.05, 0.1) is 12.0 Å². The molecule has 1 aromatic carbocycles. The Morgan fingerprint density at radius 2 is 2.07 bits per heavy atom. The van der Waals surface area contributed by atoms with Crippen LogP contribution < -0.4 is 20.9 Å². The van der Waals surface area contributed by atoms with Crippen LogP contribution in [0.25, 0.3) is 0 Å². The Morgan fingerprint density at radius 1 is 1.21 bits per heavy atom. The van der Waals surface area contributed by atoms with Crippen molar-refractivity contribution in [1.29, 1.82) is 0 Å². The van der Waals surface area contributed by atoms with Crippen molar-refractivity contribution in [3.05, 3.63) is 48.4 Å². The van der Waals surface area contributed by atoms with E-state index in [0.29, 0.717) is 36.5 Å². The highest BCUT2D eigenvalue weighted by Crippen LogP contribution is 2.30. The van der Waals surface area contributed by atoms with E-state index in [-0.39, 0.29) is 12.1 Å². The van der Waals surface area contributed by atoms with Gasteiger partial charge in [-0.3, -0.25) is 10.9 Å². The summed E-state index contributed by atoms with van der Waals surface area (Å²) in [5.74, 6) is 1.95. The second kappa shape index (κ2) is 8.67. The summed E-state index contributed by atoms with van der Waals surface area (Å²) in [7, 11) is 1.83. The molecule has 1 aromatic heterocycles. The number of hydrogen-bond acceptors (Lipinski definition) is 5. The molecule has 2 fully saturated rings. The lowest BCUT2D eigenvalue weighted by Crippen LogP contribution is -2.44. The molecule has 1 saturated carbocycles. The van der Waals surface area contributed by atoms with Crippen molar-refractivity contribution < 1.29 is 13.9 Å². The summed E-state index contributed by atoms with van der Waals surface area (Å²) in [6.45, 7) is 0.978. The van der Waals surface area contributed by atoms with Gasteiger partial charge in [0.25, 0.3) is 0 Å². The smallest absolute Gasteiger partial charge is 0.321 e. The van der Waals surface area contributed by atoms with Gasteiger partial charge in [-0.25, -0.2) is 4.79 Å². The van der Waals surface area contributed by atoms with Crippen LogP contribution >= 0.6 is 0 Å². The van der Waals surface area contributed by atoms with Crippen LogP contribution in [0.4, 0.5) is 10.5 Å². The monoisotopic (exact) mass is 384 g/mol. The summed E-state index contributed by atoms with van der Waals surface area (Å²) in [5, 5.41) is 2.97. The van der Waals surface area contributed by atoms with Crippen LogP contribution in [0.3, 0.4) is 0 Å². The molecule has 2 aliphatic rings. The first-order valence-corrected chi connectivity index (χ1v) is 9.98. The highest BCUT2D eigenvalue weighted by molar-refractivity contribution is 5.90. The van der Waals surface area contributed by atoms with Gasteiger partial charge in [0.15, 0.2) is 0 Å². The number of anilines is 1. The zero-order valence-electron chi connectivity index (χ0n) is 16.2. The number of amides is 2. The number of fused-ring (bicyclic) bond motifs is 1. The zero-order valence-corrected chi connectivity index (χ0v) is 16.2. The Balaban J connectivity index is 1.34. The SMILES string of the molecule is CN(CC1NNC2CCCCC21)C(=O)Nc1ccccc1OCc1ccco1. The Hall–Kier alpha value is -2.51. The molecule has 2 amide bonds. The van der Waals surface area contributed by atoms with Gasteiger partial charge in [0.2, 0.25) is 0 Å². The van der Waals surface area contributed by atoms with Crippen LogP contribution in [0, 0.1) is 5.92 Å². The summed E-state index contributed by atoms with van der Waals surface area (Å²) in [4.78, 5) is 14.5. The number of hydrazine groups is 1. The average molecular weight is 384 g/mol. The first-order valence-electron chi connectivity index (χ1n) is 9.98. The standard InChI is InChI=1S/C21H28N4O3/c1-25(13-19-16-8-2-3-9-17(16)23-24-19)21(26)22-18-10-4-5-11-20(18)28-14-15-7-6-12-27-15/h4-7,10-12,16-17,19,23-24H,2-3,8-9,13-14H2,1H3,(H,22,26). The molecule has 7 heteroatoms. The highest BCUT2D eigenvalue weighted by atomic mass is 16.5. The lowest BCUT2D eigenvalue weighted by Gasteiger charge is -2.29. The van der Waals surface area contributed by atoms with Gasteiger partial charge in [-0.15, -0.1) is 0 Å². The molecular weight excluding hydrogens is 356 g/mol. The van der Waals surface area contributed by atoms with Crippen molar-refractivity contribution >= 4 is 11.7 Å². The number of ether oxygens (including phenoxy) is 1. The molecule has 1 aliphatic carbocycles. The summed E-state index contributed by atoms with van der Waals surface area (Å²) in [5.41, 5.74) is 7.45. The van der Waals surface area contributed by atoms with Crippen molar-refractivity contribution in [2.75, 3.05) is 18.9 Å². The Kier molecular flexibility index (Phi) is 5.83. The summed E-state index contributed by atoms with van der Waals surface area (Å²) in [6.07, 6.45) is 6.60. The molecule has 0 spiro atoms. The minimum Gasteiger partial charge on any atom is -0.483 e. The Bertz CT molecular complexity index is 780. The lowest BCUT2D eigenvalue weighted by molar-refractivity contribution is 0.209. The topological polar surface area (TPSA) is 78.8 Å². The molecule has 2 heterocycles. The normalized spacial score (nSPS) is 23.8. The van der Waals surface area contributed by atoms with Gasteiger partial charge < -0.3 is 19.4 Å². The van der Waals surface area contributed by atoms with Crippen molar-refractivity contribution in [1.82, 2.24) is 15.8 Å². The van der Waals surface area contributed by atoms with Gasteiger partial charge in [-0.05, 0) is 43.0 Å². The van der Waals surface area contributed by atoms with Gasteiger partial charge in [0.1, 0.15) is 18.1 Å². The van der Waals surface area contributed by atoms with Crippen LogP contribution in [0.5, 0.6) is 5.75 Å². The molecule has 150 valence electrons. The number of nitrogens with one attached hydrogen (secondary N) is 3. The molecule has 0 radical (unpaired) electrons. The van der Waals surface area contributed by atoms with E-state index in [9.17, 15) is 4.79 Å². The number of furan rings is 1. The maximum absolute atomic E-state index is 12.7. The molecule has 1 saturated heterocycles. The van der Waals surface area contributed by atoms with Crippen LogP contribution in [-0.4, -0.2) is 36.6 Å². The van der Waals surface area contributed by atoms with E-state index in [0.717, 1.165) is 5.76 Å². The fourth-order valence-electron chi connectivity index (χ4n) is 4.15. The van der Waals surface area contributed by atoms with E-state index >= 15 is 0 Å². The summed E-state index contributed by atoms with van der Waals surface area (Å²) >= 11 is 0. The third kappa shape index (κ3) is 4.31. The summed E-state index contributed by atoms with van der Waals surface area (Å²) < 4.78 is 11.1. The van der Waals surface area contributed by atoms with E-state index in [2.05, 4.69) is 16.2 Å². The number of urea groups is 1. The fraction of sp³-hybridized carbons (Fsp3) is 0.476. The van der Waals surface area contributed by atoms with Crippen molar-refractivity contribution in [2.45, 2.75) is 44.4 Å². The van der Waals surface area contributed by atoms with Gasteiger partial charge in [-0.2, -0.15) is 0 Å². The minimum atomic E-state index is -0.143. The molecule has 3 N–H and O–H groups in total. The molecule has 3 atom stereocenters. The molecule has 1 aliphatic heterocycles. The van der Waals surface area contributed by atoms with Crippen molar-refractivity contribution in [3.8, 4) is 5.75 Å². The second-order valence-electron chi connectivity index (χ2n) is 7.62. The van der Waals surface area contributed by atoms with Gasteiger partial charge >= 0.3 is 6.03 Å². The van der Waals surface area contributed by atoms with Gasteiger partial charge in [-0.1, -0.05) is 25.0 Å². The van der Waals surface area contributed by atoms with Crippen LogP contribution in [0.15, 0.2) is 47.1 Å². The van der Waals surface area contributed by atoms with Crippen molar-refractivity contribution in [2.24, 2.45) is 5.92 Å². The molecule has 3 unspecified atom stereocenters. The number of rotatable bonds is 6. The summed E-state index contributed by atoms with van der Waals surface area (Å²) in [6, 6.07) is 11.8. The van der Waals surface area contributed by atoms with E-state index < -0.39 is 0 Å². The number of carbonyl (C=O) groups excluding carboxylic acids is 1. The third-order valence-electron chi connectivity index (χ3n) is 5.69. The number of nitrogens with zero attached hydrogens (tertiary/aromatic N) is 1. The van der Waals surface area contributed by atoms with Crippen LogP contribution in [0.1, 0.15) is 31.4 Å². The number of hydrogen-bond donors (Lipinski definition) is 3. The average Bonchev–Trinajstić information content (AvgIpc) is 3.37. The van der Waals surface area contributed by atoms with E-state index in [1.807, 2.05) is 43.4 Å². The largest absolute Gasteiger partial charge is 0.483 e. The third-order valence-corrected chi connectivity index (χ3v) is 5.69. The Labute approximate surface area is 165 Å². The van der Waals surface area contributed by atoms with E-state index in [1.165, 1.54) is 25.7 Å². The number of benzene rings is 1. The van der Waals surface area contributed by atoms with Crippen LogP contribution in [-0.2, 0) is 6.61 Å². The zero-order chi connectivity index (χ0) is 19.3. The second-order valence-corrected chi connectivity index (χ2v) is 7.62. The van der Waals surface area contributed by atoms with Crippen LogP contribution in [0.2, 0.25) is 0 Å². The number of carbonyl (C=O) groups is 1. The highest BCUT2D eigenvalue weighted by Gasteiger charge is 2.37. The first-order chi connectivity index (χ1) is 13.7. The molecule has 7 nitrogen and oxygen atoms in total.